The SMILES string of the molecule is CS(=O)(=O)N[C@H]1C[C@@H](c2nc(-c3ccccc3)n[nH]2)N(Cc2ccco2)C1. The zero-order valence-electron chi connectivity index (χ0n) is 14.9. The van der Waals surface area contributed by atoms with Gasteiger partial charge in [0.2, 0.25) is 10.0 Å². The standard InChI is InChI=1S/C18H21N5O3S/c1-27(24,25)22-14-10-16(23(11-14)12-15-8-5-9-26-15)18-19-17(20-21-18)13-6-3-2-4-7-13/h2-9,14,16,22H,10-12H2,1H3,(H,19,20,21)/t14-,16-/m0/s1. The third-order valence-electron chi connectivity index (χ3n) is 4.57. The molecule has 0 aliphatic carbocycles. The number of furan rings is 1. The third kappa shape index (κ3) is 4.26. The van der Waals surface area contributed by atoms with Gasteiger partial charge in [-0.25, -0.2) is 18.1 Å². The van der Waals surface area contributed by atoms with Gasteiger partial charge in [-0.05, 0) is 18.6 Å². The smallest absolute Gasteiger partial charge is 0.208 e. The van der Waals surface area contributed by atoms with Crippen molar-refractivity contribution in [1.82, 2.24) is 24.8 Å². The molecule has 4 rings (SSSR count). The molecule has 2 N–H and O–H groups in total. The van der Waals surface area contributed by atoms with Crippen LogP contribution in [0.5, 0.6) is 0 Å². The lowest BCUT2D eigenvalue weighted by molar-refractivity contribution is 0.219. The molecule has 0 amide bonds. The molecule has 9 heteroatoms. The molecule has 0 unspecified atom stereocenters. The van der Waals surface area contributed by atoms with Crippen LogP contribution in [0.4, 0.5) is 0 Å². The molecule has 1 saturated heterocycles. The maximum absolute atomic E-state index is 11.7. The van der Waals surface area contributed by atoms with E-state index < -0.39 is 10.0 Å². The Balaban J connectivity index is 1.58. The van der Waals surface area contributed by atoms with Gasteiger partial charge in [-0.3, -0.25) is 10.00 Å². The fourth-order valence-corrected chi connectivity index (χ4v) is 4.27. The number of rotatable bonds is 6. The van der Waals surface area contributed by atoms with Crippen LogP contribution in [0.2, 0.25) is 0 Å². The van der Waals surface area contributed by atoms with E-state index in [9.17, 15) is 8.42 Å². The van der Waals surface area contributed by atoms with Crippen molar-refractivity contribution in [3.8, 4) is 11.4 Å². The van der Waals surface area contributed by atoms with Crippen molar-refractivity contribution in [2.24, 2.45) is 0 Å². The van der Waals surface area contributed by atoms with Crippen molar-refractivity contribution in [2.45, 2.75) is 25.0 Å². The first-order valence-corrected chi connectivity index (χ1v) is 10.6. The summed E-state index contributed by atoms with van der Waals surface area (Å²) in [4.78, 5) is 6.81. The lowest BCUT2D eigenvalue weighted by Crippen LogP contribution is -2.36. The van der Waals surface area contributed by atoms with Crippen LogP contribution in [0.1, 0.15) is 24.0 Å². The molecule has 3 heterocycles. The Morgan fingerprint density at radius 3 is 2.78 bits per heavy atom. The molecule has 1 aliphatic rings. The molecular formula is C18H21N5O3S. The van der Waals surface area contributed by atoms with E-state index >= 15 is 0 Å². The van der Waals surface area contributed by atoms with Crippen molar-refractivity contribution in [3.05, 3.63) is 60.3 Å². The van der Waals surface area contributed by atoms with E-state index in [4.69, 9.17) is 4.42 Å². The van der Waals surface area contributed by atoms with Crippen LogP contribution < -0.4 is 4.72 Å². The molecule has 0 saturated carbocycles. The van der Waals surface area contributed by atoms with Crippen LogP contribution in [0.15, 0.2) is 53.1 Å². The summed E-state index contributed by atoms with van der Waals surface area (Å²) in [5, 5.41) is 7.37. The number of nitrogens with zero attached hydrogens (tertiary/aromatic N) is 3. The first-order valence-electron chi connectivity index (χ1n) is 8.69. The molecular weight excluding hydrogens is 366 g/mol. The second-order valence-electron chi connectivity index (χ2n) is 6.76. The molecule has 1 fully saturated rings. The largest absolute Gasteiger partial charge is 0.468 e. The molecule has 8 nitrogen and oxygen atoms in total. The van der Waals surface area contributed by atoms with Crippen LogP contribution in [-0.2, 0) is 16.6 Å². The van der Waals surface area contributed by atoms with Crippen molar-refractivity contribution < 1.29 is 12.8 Å². The van der Waals surface area contributed by atoms with E-state index in [0.29, 0.717) is 25.3 Å². The Morgan fingerprint density at radius 1 is 1.26 bits per heavy atom. The molecule has 0 bridgehead atoms. The second-order valence-corrected chi connectivity index (χ2v) is 8.54. The van der Waals surface area contributed by atoms with E-state index in [1.807, 2.05) is 42.5 Å². The van der Waals surface area contributed by atoms with Gasteiger partial charge in [0.25, 0.3) is 0 Å². The van der Waals surface area contributed by atoms with E-state index in [2.05, 4.69) is 24.8 Å². The van der Waals surface area contributed by atoms with Crippen LogP contribution in [0.25, 0.3) is 11.4 Å². The molecule has 142 valence electrons. The quantitative estimate of drug-likeness (QED) is 0.670. The molecule has 1 aliphatic heterocycles. The van der Waals surface area contributed by atoms with Gasteiger partial charge in [-0.15, -0.1) is 0 Å². The second kappa shape index (κ2) is 7.26. The van der Waals surface area contributed by atoms with Gasteiger partial charge >= 0.3 is 0 Å². The van der Waals surface area contributed by atoms with E-state index in [0.717, 1.165) is 17.1 Å². The fraction of sp³-hybridized carbons (Fsp3) is 0.333. The Hall–Kier alpha value is -2.49. The average Bonchev–Trinajstić information content (AvgIpc) is 3.36. The van der Waals surface area contributed by atoms with Crippen LogP contribution in [0.3, 0.4) is 0 Å². The first-order chi connectivity index (χ1) is 13.0. The minimum Gasteiger partial charge on any atom is -0.468 e. The summed E-state index contributed by atoms with van der Waals surface area (Å²) < 4.78 is 31.5. The minimum absolute atomic E-state index is 0.0840. The number of benzene rings is 1. The molecule has 2 atom stereocenters. The molecule has 1 aromatic carbocycles. The highest BCUT2D eigenvalue weighted by atomic mass is 32.2. The molecule has 27 heavy (non-hydrogen) atoms. The molecule has 3 aromatic rings. The number of H-pyrrole nitrogens is 1. The normalized spacial score (nSPS) is 20.9. The van der Waals surface area contributed by atoms with Gasteiger partial charge in [0.05, 0.1) is 25.1 Å². The van der Waals surface area contributed by atoms with Crippen molar-refractivity contribution in [1.29, 1.82) is 0 Å². The highest BCUT2D eigenvalue weighted by Gasteiger charge is 2.36. The summed E-state index contributed by atoms with van der Waals surface area (Å²) >= 11 is 0. The van der Waals surface area contributed by atoms with Gasteiger partial charge in [-0.2, -0.15) is 5.10 Å². The predicted octanol–water partition coefficient (Wildman–Crippen LogP) is 1.93. The number of aromatic amines is 1. The summed E-state index contributed by atoms with van der Waals surface area (Å²) in [6.45, 7) is 1.14. The van der Waals surface area contributed by atoms with Crippen molar-refractivity contribution >= 4 is 10.0 Å². The average molecular weight is 387 g/mol. The lowest BCUT2D eigenvalue weighted by atomic mass is 10.1. The molecule has 0 radical (unpaired) electrons. The Labute approximate surface area is 157 Å². The summed E-state index contributed by atoms with van der Waals surface area (Å²) in [7, 11) is -3.28. The third-order valence-corrected chi connectivity index (χ3v) is 5.34. The van der Waals surface area contributed by atoms with Crippen molar-refractivity contribution in [3.63, 3.8) is 0 Å². The fourth-order valence-electron chi connectivity index (χ4n) is 3.49. The van der Waals surface area contributed by atoms with Gasteiger partial charge in [-0.1, -0.05) is 30.3 Å². The van der Waals surface area contributed by atoms with E-state index in [-0.39, 0.29) is 12.1 Å². The zero-order valence-corrected chi connectivity index (χ0v) is 15.7. The monoisotopic (exact) mass is 387 g/mol. The van der Waals surface area contributed by atoms with Crippen LogP contribution >= 0.6 is 0 Å². The molecule has 0 spiro atoms. The topological polar surface area (TPSA) is 104 Å². The number of sulfonamides is 1. The highest BCUT2D eigenvalue weighted by Crippen LogP contribution is 2.32. The minimum atomic E-state index is -3.28. The summed E-state index contributed by atoms with van der Waals surface area (Å²) in [5.41, 5.74) is 0.932. The predicted molar refractivity (Wildman–Crippen MR) is 100 cm³/mol. The summed E-state index contributed by atoms with van der Waals surface area (Å²) in [6, 6.07) is 13.2. The number of aromatic nitrogens is 3. The highest BCUT2D eigenvalue weighted by molar-refractivity contribution is 7.88. The number of nitrogens with one attached hydrogen (secondary N) is 2. The van der Waals surface area contributed by atoms with E-state index in [1.54, 1.807) is 6.26 Å². The lowest BCUT2D eigenvalue weighted by Gasteiger charge is -2.21. The van der Waals surface area contributed by atoms with E-state index in [1.165, 1.54) is 6.26 Å². The van der Waals surface area contributed by atoms with Gasteiger partial charge in [0.15, 0.2) is 5.82 Å². The first kappa shape index (κ1) is 17.9. The van der Waals surface area contributed by atoms with Gasteiger partial charge in [0, 0.05) is 18.2 Å². The zero-order chi connectivity index (χ0) is 18.9. The summed E-state index contributed by atoms with van der Waals surface area (Å²) in [5.74, 6) is 2.17. The number of likely N-dealkylation sites (tertiary alicyclic amines) is 1. The maximum Gasteiger partial charge on any atom is 0.208 e. The maximum atomic E-state index is 11.7. The van der Waals surface area contributed by atoms with Gasteiger partial charge in [0.1, 0.15) is 11.6 Å². The van der Waals surface area contributed by atoms with Crippen LogP contribution in [-0.4, -0.2) is 47.3 Å². The Bertz CT molecular complexity index is 985. The van der Waals surface area contributed by atoms with Crippen molar-refractivity contribution in [2.75, 3.05) is 12.8 Å². The molecule has 2 aromatic heterocycles. The Morgan fingerprint density at radius 2 is 2.07 bits per heavy atom. The van der Waals surface area contributed by atoms with Gasteiger partial charge < -0.3 is 4.42 Å². The Kier molecular flexibility index (Phi) is 4.81. The summed E-state index contributed by atoms with van der Waals surface area (Å²) in [6.07, 6.45) is 3.42. The number of hydrogen-bond acceptors (Lipinski definition) is 6. The number of hydrogen-bond donors (Lipinski definition) is 2. The van der Waals surface area contributed by atoms with Crippen LogP contribution in [0, 0.1) is 0 Å².